The standard InChI is InChI=1S/C12H17N5O2/c13-5-7-19-8-6-15-12(18)11-3-1-10(2-4-11)9-16-17-14/h1-4H,5-9,13H2,(H,15,18). The third kappa shape index (κ3) is 5.87. The Morgan fingerprint density at radius 2 is 2.11 bits per heavy atom. The molecule has 0 unspecified atom stereocenters. The number of amides is 1. The summed E-state index contributed by atoms with van der Waals surface area (Å²) in [6.07, 6.45) is 0. The lowest BCUT2D eigenvalue weighted by molar-refractivity contribution is 0.0920. The van der Waals surface area contributed by atoms with Crippen molar-refractivity contribution in [2.75, 3.05) is 26.3 Å². The molecule has 0 heterocycles. The van der Waals surface area contributed by atoms with Crippen LogP contribution in [0.5, 0.6) is 0 Å². The molecule has 7 heteroatoms. The van der Waals surface area contributed by atoms with E-state index in [0.717, 1.165) is 5.56 Å². The lowest BCUT2D eigenvalue weighted by Gasteiger charge is -2.06. The van der Waals surface area contributed by atoms with Crippen molar-refractivity contribution in [3.05, 3.63) is 45.8 Å². The summed E-state index contributed by atoms with van der Waals surface area (Å²) >= 11 is 0. The van der Waals surface area contributed by atoms with Crippen LogP contribution < -0.4 is 11.1 Å². The minimum absolute atomic E-state index is 0.160. The first kappa shape index (κ1) is 15.0. The average molecular weight is 263 g/mol. The van der Waals surface area contributed by atoms with Crippen molar-refractivity contribution >= 4 is 5.91 Å². The Hall–Kier alpha value is -2.08. The lowest BCUT2D eigenvalue weighted by atomic mass is 10.1. The third-order valence-electron chi connectivity index (χ3n) is 2.33. The number of nitrogens with two attached hydrogens (primary N) is 1. The summed E-state index contributed by atoms with van der Waals surface area (Å²) in [7, 11) is 0. The van der Waals surface area contributed by atoms with Gasteiger partial charge in [-0.2, -0.15) is 0 Å². The number of nitrogens with one attached hydrogen (secondary N) is 1. The van der Waals surface area contributed by atoms with E-state index in [1.165, 1.54) is 0 Å². The Morgan fingerprint density at radius 1 is 1.37 bits per heavy atom. The first-order valence-electron chi connectivity index (χ1n) is 5.93. The second kappa shape index (κ2) is 8.93. The van der Waals surface area contributed by atoms with Gasteiger partial charge in [0.1, 0.15) is 0 Å². The number of carbonyl (C=O) groups excluding carboxylic acids is 1. The first-order valence-corrected chi connectivity index (χ1v) is 5.93. The summed E-state index contributed by atoms with van der Waals surface area (Å²) in [5.74, 6) is -0.160. The molecular weight excluding hydrogens is 246 g/mol. The van der Waals surface area contributed by atoms with Crippen molar-refractivity contribution in [3.8, 4) is 0 Å². The Labute approximate surface area is 111 Å². The number of azide groups is 1. The number of carbonyl (C=O) groups is 1. The van der Waals surface area contributed by atoms with Gasteiger partial charge in [0.2, 0.25) is 0 Å². The predicted octanol–water partition coefficient (Wildman–Crippen LogP) is 1.20. The molecule has 0 aliphatic heterocycles. The maximum Gasteiger partial charge on any atom is 0.251 e. The highest BCUT2D eigenvalue weighted by Gasteiger charge is 2.04. The van der Waals surface area contributed by atoms with E-state index in [-0.39, 0.29) is 12.5 Å². The summed E-state index contributed by atoms with van der Waals surface area (Å²) in [5, 5.41) is 6.18. The predicted molar refractivity (Wildman–Crippen MR) is 71.5 cm³/mol. The van der Waals surface area contributed by atoms with Gasteiger partial charge in [-0.25, -0.2) is 0 Å². The SMILES string of the molecule is [N-]=[N+]=NCc1ccc(C(=O)NCCOCCN)cc1. The Morgan fingerprint density at radius 3 is 2.74 bits per heavy atom. The van der Waals surface area contributed by atoms with Crippen molar-refractivity contribution in [1.82, 2.24) is 5.32 Å². The number of nitrogens with zero attached hydrogens (tertiary/aromatic N) is 3. The van der Waals surface area contributed by atoms with Crippen LogP contribution in [0.3, 0.4) is 0 Å². The maximum absolute atomic E-state index is 11.7. The van der Waals surface area contributed by atoms with Crippen LogP contribution in [0.4, 0.5) is 0 Å². The molecule has 1 rings (SSSR count). The van der Waals surface area contributed by atoms with E-state index in [0.29, 0.717) is 31.9 Å². The molecule has 0 fully saturated rings. The average Bonchev–Trinajstić information content (AvgIpc) is 2.45. The zero-order chi connectivity index (χ0) is 13.9. The van der Waals surface area contributed by atoms with E-state index in [1.54, 1.807) is 24.3 Å². The summed E-state index contributed by atoms with van der Waals surface area (Å²) in [4.78, 5) is 14.4. The van der Waals surface area contributed by atoms with E-state index < -0.39 is 0 Å². The molecule has 0 atom stereocenters. The maximum atomic E-state index is 11.7. The summed E-state index contributed by atoms with van der Waals surface area (Å²) in [6, 6.07) is 6.90. The molecule has 0 bridgehead atoms. The second-order valence-electron chi connectivity index (χ2n) is 3.74. The Bertz CT molecular complexity index is 440. The van der Waals surface area contributed by atoms with Crippen LogP contribution in [-0.2, 0) is 11.3 Å². The lowest BCUT2D eigenvalue weighted by Crippen LogP contribution is -2.27. The van der Waals surface area contributed by atoms with Gasteiger partial charge in [0.25, 0.3) is 5.91 Å². The third-order valence-corrected chi connectivity index (χ3v) is 2.33. The van der Waals surface area contributed by atoms with Crippen molar-refractivity contribution in [3.63, 3.8) is 0 Å². The number of benzene rings is 1. The van der Waals surface area contributed by atoms with Gasteiger partial charge in [0.05, 0.1) is 19.8 Å². The monoisotopic (exact) mass is 263 g/mol. The van der Waals surface area contributed by atoms with Gasteiger partial charge in [0.15, 0.2) is 0 Å². The largest absolute Gasteiger partial charge is 0.378 e. The van der Waals surface area contributed by atoms with Gasteiger partial charge in [-0.3, -0.25) is 4.79 Å². The van der Waals surface area contributed by atoms with E-state index >= 15 is 0 Å². The fourth-order valence-corrected chi connectivity index (χ4v) is 1.40. The molecule has 0 radical (unpaired) electrons. The number of ether oxygens (including phenoxy) is 1. The van der Waals surface area contributed by atoms with Gasteiger partial charge < -0.3 is 15.8 Å². The van der Waals surface area contributed by atoms with Crippen molar-refractivity contribution in [2.24, 2.45) is 10.8 Å². The van der Waals surface area contributed by atoms with Crippen LogP contribution in [-0.4, -0.2) is 32.2 Å². The van der Waals surface area contributed by atoms with Crippen molar-refractivity contribution < 1.29 is 9.53 Å². The summed E-state index contributed by atoms with van der Waals surface area (Å²) < 4.78 is 5.15. The van der Waals surface area contributed by atoms with E-state index in [1.807, 2.05) is 0 Å². The van der Waals surface area contributed by atoms with Crippen LogP contribution in [0, 0.1) is 0 Å². The van der Waals surface area contributed by atoms with Gasteiger partial charge in [0, 0.05) is 23.6 Å². The molecule has 0 aliphatic rings. The molecule has 3 N–H and O–H groups in total. The number of hydrogen-bond acceptors (Lipinski definition) is 4. The van der Waals surface area contributed by atoms with Crippen LogP contribution >= 0.6 is 0 Å². The highest BCUT2D eigenvalue weighted by atomic mass is 16.5. The Kier molecular flexibility index (Phi) is 7.04. The highest BCUT2D eigenvalue weighted by molar-refractivity contribution is 5.94. The zero-order valence-corrected chi connectivity index (χ0v) is 10.6. The van der Waals surface area contributed by atoms with Gasteiger partial charge >= 0.3 is 0 Å². The molecule has 0 saturated heterocycles. The highest BCUT2D eigenvalue weighted by Crippen LogP contribution is 2.05. The quantitative estimate of drug-likeness (QED) is 0.318. The molecule has 0 aromatic heterocycles. The topological polar surface area (TPSA) is 113 Å². The first-order chi connectivity index (χ1) is 9.27. The van der Waals surface area contributed by atoms with Crippen LogP contribution in [0.2, 0.25) is 0 Å². The molecule has 0 saturated carbocycles. The van der Waals surface area contributed by atoms with Crippen LogP contribution in [0.1, 0.15) is 15.9 Å². The fraction of sp³-hybridized carbons (Fsp3) is 0.417. The molecule has 0 spiro atoms. The second-order valence-corrected chi connectivity index (χ2v) is 3.74. The van der Waals surface area contributed by atoms with E-state index in [9.17, 15) is 4.79 Å². The van der Waals surface area contributed by atoms with Gasteiger partial charge in [-0.05, 0) is 23.2 Å². The van der Waals surface area contributed by atoms with Gasteiger partial charge in [-0.1, -0.05) is 17.2 Å². The van der Waals surface area contributed by atoms with Crippen LogP contribution in [0.25, 0.3) is 10.4 Å². The van der Waals surface area contributed by atoms with E-state index in [2.05, 4.69) is 15.3 Å². The minimum atomic E-state index is -0.160. The molecule has 0 aliphatic carbocycles. The molecule has 19 heavy (non-hydrogen) atoms. The molecule has 1 amide bonds. The number of hydrogen-bond donors (Lipinski definition) is 2. The van der Waals surface area contributed by atoms with Gasteiger partial charge in [-0.15, -0.1) is 0 Å². The normalized spacial score (nSPS) is 9.74. The molecule has 102 valence electrons. The zero-order valence-electron chi connectivity index (χ0n) is 10.6. The molecule has 1 aromatic carbocycles. The molecule has 1 aromatic rings. The van der Waals surface area contributed by atoms with Crippen LogP contribution in [0.15, 0.2) is 29.4 Å². The molecular formula is C12H17N5O2. The minimum Gasteiger partial charge on any atom is -0.378 e. The Balaban J connectivity index is 2.38. The van der Waals surface area contributed by atoms with Crippen molar-refractivity contribution in [1.29, 1.82) is 0 Å². The molecule has 7 nitrogen and oxygen atoms in total. The number of rotatable bonds is 8. The smallest absolute Gasteiger partial charge is 0.251 e. The summed E-state index contributed by atoms with van der Waals surface area (Å²) in [5.41, 5.74) is 14.9. The van der Waals surface area contributed by atoms with E-state index in [4.69, 9.17) is 16.0 Å². The van der Waals surface area contributed by atoms with Crippen molar-refractivity contribution in [2.45, 2.75) is 6.54 Å². The summed E-state index contributed by atoms with van der Waals surface area (Å²) in [6.45, 7) is 2.13. The fourth-order valence-electron chi connectivity index (χ4n) is 1.40.